The van der Waals surface area contributed by atoms with Gasteiger partial charge in [-0.1, -0.05) is 44.2 Å². The van der Waals surface area contributed by atoms with Crippen LogP contribution in [0, 0.1) is 0 Å². The second-order valence-electron chi connectivity index (χ2n) is 7.16. The fraction of sp³-hybridized carbons (Fsp3) is 0.273. The van der Waals surface area contributed by atoms with Crippen molar-refractivity contribution in [3.05, 3.63) is 71.0 Å². The summed E-state index contributed by atoms with van der Waals surface area (Å²) in [5.74, 6) is 1.15. The zero-order valence-corrected chi connectivity index (χ0v) is 15.6. The van der Waals surface area contributed by atoms with Crippen molar-refractivity contribution in [2.24, 2.45) is 0 Å². The number of ether oxygens (including phenoxy) is 1. The van der Waals surface area contributed by atoms with Crippen molar-refractivity contribution in [2.45, 2.75) is 32.7 Å². The van der Waals surface area contributed by atoms with Gasteiger partial charge in [-0.15, -0.1) is 0 Å². The van der Waals surface area contributed by atoms with Crippen molar-refractivity contribution in [2.75, 3.05) is 6.61 Å². The average molecular weight is 361 g/mol. The van der Waals surface area contributed by atoms with Crippen LogP contribution in [0.2, 0.25) is 0 Å². The quantitative estimate of drug-likeness (QED) is 0.720. The number of rotatable bonds is 5. The third kappa shape index (κ3) is 3.72. The van der Waals surface area contributed by atoms with E-state index < -0.39 is 0 Å². The van der Waals surface area contributed by atoms with Crippen LogP contribution in [0.25, 0.3) is 11.1 Å². The van der Waals surface area contributed by atoms with E-state index in [0.717, 1.165) is 35.6 Å². The second-order valence-corrected chi connectivity index (χ2v) is 7.16. The number of fused-ring (bicyclic) bond motifs is 1. The molecule has 0 aliphatic carbocycles. The van der Waals surface area contributed by atoms with Gasteiger partial charge in [0.1, 0.15) is 11.4 Å². The third-order valence-electron chi connectivity index (χ3n) is 4.88. The van der Waals surface area contributed by atoms with Crippen molar-refractivity contribution in [1.29, 1.82) is 0 Å². The summed E-state index contributed by atoms with van der Waals surface area (Å²) in [6.07, 6.45) is 0.971. The van der Waals surface area contributed by atoms with Crippen LogP contribution < -0.4 is 10.1 Å². The van der Waals surface area contributed by atoms with Gasteiger partial charge in [0, 0.05) is 18.7 Å². The van der Waals surface area contributed by atoms with Gasteiger partial charge in [-0.25, -0.2) is 0 Å². The first-order chi connectivity index (χ1) is 13.1. The molecule has 1 amide bonds. The number of carbonyl (C=O) groups is 1. The monoisotopic (exact) mass is 361 g/mol. The van der Waals surface area contributed by atoms with E-state index in [1.54, 1.807) is 6.07 Å². The number of amides is 1. The van der Waals surface area contributed by atoms with E-state index in [9.17, 15) is 4.79 Å². The van der Waals surface area contributed by atoms with E-state index in [0.29, 0.717) is 18.2 Å². The van der Waals surface area contributed by atoms with Gasteiger partial charge in [0.05, 0.1) is 6.61 Å². The summed E-state index contributed by atoms with van der Waals surface area (Å²) in [5.41, 5.74) is 6.06. The Morgan fingerprint density at radius 3 is 2.67 bits per heavy atom. The number of nitrogens with zero attached hydrogens (tertiary/aromatic N) is 1. The highest BCUT2D eigenvalue weighted by molar-refractivity contribution is 5.92. The maximum atomic E-state index is 12.2. The molecule has 138 valence electrons. The van der Waals surface area contributed by atoms with E-state index in [1.807, 2.05) is 18.2 Å². The lowest BCUT2D eigenvalue weighted by molar-refractivity contribution is 0.0946. The SMILES string of the molecule is CC(C)c1cc(C(=O)NCc2ccc(-c3ccc4c(c3)CCO4)cc2)n[nH]1. The van der Waals surface area contributed by atoms with Crippen molar-refractivity contribution >= 4 is 5.91 Å². The number of H-pyrrole nitrogens is 1. The van der Waals surface area contributed by atoms with Crippen LogP contribution in [0.5, 0.6) is 5.75 Å². The number of aromatic amines is 1. The van der Waals surface area contributed by atoms with Gasteiger partial charge in [-0.05, 0) is 46.4 Å². The minimum Gasteiger partial charge on any atom is -0.493 e. The van der Waals surface area contributed by atoms with E-state index in [4.69, 9.17) is 4.74 Å². The molecule has 5 nitrogen and oxygen atoms in total. The van der Waals surface area contributed by atoms with Crippen LogP contribution in [-0.4, -0.2) is 22.7 Å². The summed E-state index contributed by atoms with van der Waals surface area (Å²) in [7, 11) is 0. The van der Waals surface area contributed by atoms with Crippen LogP contribution in [0.1, 0.15) is 47.1 Å². The molecule has 0 spiro atoms. The van der Waals surface area contributed by atoms with Gasteiger partial charge in [0.25, 0.3) is 5.91 Å². The molecule has 27 heavy (non-hydrogen) atoms. The molecule has 1 aliphatic rings. The molecule has 1 aliphatic heterocycles. The number of aromatic nitrogens is 2. The summed E-state index contributed by atoms with van der Waals surface area (Å²) in [5, 5.41) is 9.92. The summed E-state index contributed by atoms with van der Waals surface area (Å²) in [6, 6.07) is 16.4. The Kier molecular flexibility index (Phi) is 4.67. The standard InChI is InChI=1S/C22H23N3O2/c1-14(2)19-12-20(25-24-19)22(26)23-13-15-3-5-16(6-4-15)17-7-8-21-18(11-17)9-10-27-21/h3-8,11-12,14H,9-10,13H2,1-2H3,(H,23,26)(H,24,25). The minimum absolute atomic E-state index is 0.166. The van der Waals surface area contributed by atoms with Crippen LogP contribution in [-0.2, 0) is 13.0 Å². The first kappa shape index (κ1) is 17.3. The zero-order valence-electron chi connectivity index (χ0n) is 15.6. The van der Waals surface area contributed by atoms with Gasteiger partial charge < -0.3 is 10.1 Å². The molecule has 0 atom stereocenters. The number of hydrogen-bond donors (Lipinski definition) is 2. The van der Waals surface area contributed by atoms with Crippen LogP contribution in [0.3, 0.4) is 0 Å². The summed E-state index contributed by atoms with van der Waals surface area (Å²) >= 11 is 0. The molecule has 0 saturated carbocycles. The molecule has 2 N–H and O–H groups in total. The molecular formula is C22H23N3O2. The molecular weight excluding hydrogens is 338 g/mol. The molecule has 0 fully saturated rings. The lowest BCUT2D eigenvalue weighted by atomic mass is 10.0. The van der Waals surface area contributed by atoms with Crippen LogP contribution >= 0.6 is 0 Å². The molecule has 0 radical (unpaired) electrons. The molecule has 5 heteroatoms. The Bertz CT molecular complexity index is 958. The highest BCUT2D eigenvalue weighted by atomic mass is 16.5. The van der Waals surface area contributed by atoms with E-state index >= 15 is 0 Å². The van der Waals surface area contributed by atoms with Crippen molar-refractivity contribution in [3.63, 3.8) is 0 Å². The van der Waals surface area contributed by atoms with Crippen molar-refractivity contribution < 1.29 is 9.53 Å². The van der Waals surface area contributed by atoms with Crippen molar-refractivity contribution in [1.82, 2.24) is 15.5 Å². The lowest BCUT2D eigenvalue weighted by Crippen LogP contribution is -2.23. The number of benzene rings is 2. The van der Waals surface area contributed by atoms with Gasteiger partial charge in [-0.2, -0.15) is 5.10 Å². The first-order valence-corrected chi connectivity index (χ1v) is 9.28. The number of nitrogens with one attached hydrogen (secondary N) is 2. The largest absolute Gasteiger partial charge is 0.493 e. The fourth-order valence-electron chi connectivity index (χ4n) is 3.20. The minimum atomic E-state index is -0.166. The zero-order chi connectivity index (χ0) is 18.8. The van der Waals surface area contributed by atoms with Gasteiger partial charge >= 0.3 is 0 Å². The normalized spacial score (nSPS) is 12.7. The Balaban J connectivity index is 1.39. The van der Waals surface area contributed by atoms with Gasteiger partial charge in [0.15, 0.2) is 0 Å². The van der Waals surface area contributed by atoms with Gasteiger partial charge in [0.2, 0.25) is 0 Å². The Morgan fingerprint density at radius 1 is 1.15 bits per heavy atom. The summed E-state index contributed by atoms with van der Waals surface area (Å²) < 4.78 is 5.57. The molecule has 1 aromatic heterocycles. The highest BCUT2D eigenvalue weighted by Crippen LogP contribution is 2.30. The Hall–Kier alpha value is -3.08. The predicted molar refractivity (Wildman–Crippen MR) is 105 cm³/mol. The number of hydrogen-bond acceptors (Lipinski definition) is 3. The summed E-state index contributed by atoms with van der Waals surface area (Å²) in [6.45, 7) is 5.36. The van der Waals surface area contributed by atoms with E-state index in [-0.39, 0.29) is 5.91 Å². The summed E-state index contributed by atoms with van der Waals surface area (Å²) in [4.78, 5) is 12.2. The van der Waals surface area contributed by atoms with Crippen LogP contribution in [0.15, 0.2) is 48.5 Å². The molecule has 0 bridgehead atoms. The van der Waals surface area contributed by atoms with Crippen LogP contribution in [0.4, 0.5) is 0 Å². The lowest BCUT2D eigenvalue weighted by Gasteiger charge is -2.07. The molecule has 0 unspecified atom stereocenters. The topological polar surface area (TPSA) is 67.0 Å². The highest BCUT2D eigenvalue weighted by Gasteiger charge is 2.13. The van der Waals surface area contributed by atoms with E-state index in [1.165, 1.54) is 11.1 Å². The molecule has 3 aromatic rings. The van der Waals surface area contributed by atoms with Crippen molar-refractivity contribution in [3.8, 4) is 16.9 Å². The maximum absolute atomic E-state index is 12.2. The molecule has 4 rings (SSSR count). The fourth-order valence-corrected chi connectivity index (χ4v) is 3.20. The molecule has 2 aromatic carbocycles. The van der Waals surface area contributed by atoms with Gasteiger partial charge in [-0.3, -0.25) is 9.89 Å². The number of carbonyl (C=O) groups excluding carboxylic acids is 1. The Labute approximate surface area is 158 Å². The third-order valence-corrected chi connectivity index (χ3v) is 4.88. The molecule has 2 heterocycles. The molecule has 0 saturated heterocycles. The second kappa shape index (κ2) is 7.27. The predicted octanol–water partition coefficient (Wildman–Crippen LogP) is 4.07. The smallest absolute Gasteiger partial charge is 0.272 e. The Morgan fingerprint density at radius 2 is 1.93 bits per heavy atom. The average Bonchev–Trinajstić information content (AvgIpc) is 3.35. The van der Waals surface area contributed by atoms with E-state index in [2.05, 4.69) is 53.6 Å². The first-order valence-electron chi connectivity index (χ1n) is 9.28. The maximum Gasteiger partial charge on any atom is 0.272 e.